The number of hydrogen-bond donors (Lipinski definition) is 3. The van der Waals surface area contributed by atoms with E-state index in [1.165, 1.54) is 11.6 Å². The van der Waals surface area contributed by atoms with Crippen LogP contribution in [0.5, 0.6) is 0 Å². The third-order valence-electron chi connectivity index (χ3n) is 6.10. The lowest BCUT2D eigenvalue weighted by Gasteiger charge is -2.10. The van der Waals surface area contributed by atoms with Gasteiger partial charge in [0, 0.05) is 29.6 Å². The molecular formula is C31H27FN4O5S. The second kappa shape index (κ2) is 14.0. The van der Waals surface area contributed by atoms with Gasteiger partial charge in [-0.3, -0.25) is 9.78 Å². The number of aliphatic carboxylic acids is 2. The van der Waals surface area contributed by atoms with Crippen LogP contribution in [-0.2, 0) is 28.4 Å². The van der Waals surface area contributed by atoms with Crippen molar-refractivity contribution in [2.45, 2.75) is 30.9 Å². The SMILES string of the molecule is Cc1cccc(CNC(=O)c2ccc(CSc3nc4ccncc4n3Cc3ccccc3F)cc2)c1.O=C(O)C(=O)O. The van der Waals surface area contributed by atoms with Crippen LogP contribution in [-0.4, -0.2) is 42.6 Å². The molecule has 0 aliphatic heterocycles. The quantitative estimate of drug-likeness (QED) is 0.165. The molecule has 0 unspecified atom stereocenters. The molecule has 9 nitrogen and oxygen atoms in total. The van der Waals surface area contributed by atoms with Gasteiger partial charge in [0.1, 0.15) is 5.82 Å². The van der Waals surface area contributed by atoms with Crippen LogP contribution in [0.4, 0.5) is 4.39 Å². The summed E-state index contributed by atoms with van der Waals surface area (Å²) in [5, 5.41) is 18.6. The standard InChI is InChI=1S/C29H25FN4OS.C2H2O4/c1-20-5-4-6-22(15-20)16-32-28(35)23-11-9-21(10-12-23)19-36-29-33-26-13-14-31-17-27(26)34(29)18-24-7-2-3-8-25(24)30;3-1(4)2(5)6/h2-15,17H,16,18-19H2,1H3,(H,32,35);(H,3,4)(H,5,6). The number of nitrogens with one attached hydrogen (secondary N) is 1. The molecule has 11 heteroatoms. The monoisotopic (exact) mass is 586 g/mol. The molecule has 1 amide bonds. The Morgan fingerprint density at radius 2 is 1.67 bits per heavy atom. The molecule has 0 radical (unpaired) electrons. The van der Waals surface area contributed by atoms with E-state index >= 15 is 0 Å². The molecule has 2 heterocycles. The molecule has 0 fully saturated rings. The minimum Gasteiger partial charge on any atom is -0.473 e. The maximum atomic E-state index is 14.3. The number of amides is 1. The Morgan fingerprint density at radius 1 is 0.929 bits per heavy atom. The lowest BCUT2D eigenvalue weighted by atomic mass is 10.1. The van der Waals surface area contributed by atoms with E-state index in [0.29, 0.717) is 30.0 Å². The molecule has 0 aliphatic carbocycles. The number of carbonyl (C=O) groups excluding carboxylic acids is 1. The molecule has 42 heavy (non-hydrogen) atoms. The van der Waals surface area contributed by atoms with Gasteiger partial charge >= 0.3 is 11.9 Å². The molecule has 5 aromatic rings. The average molecular weight is 587 g/mol. The Hall–Kier alpha value is -5.03. The van der Waals surface area contributed by atoms with Crippen molar-refractivity contribution in [3.05, 3.63) is 125 Å². The number of carboxylic acid groups (broad SMARTS) is 2. The molecule has 3 N–H and O–H groups in total. The van der Waals surface area contributed by atoms with Crippen LogP contribution in [0.15, 0.2) is 96.4 Å². The van der Waals surface area contributed by atoms with E-state index in [4.69, 9.17) is 24.8 Å². The maximum Gasteiger partial charge on any atom is 0.414 e. The molecule has 0 bridgehead atoms. The predicted octanol–water partition coefficient (Wildman–Crippen LogP) is 5.31. The van der Waals surface area contributed by atoms with Crippen LogP contribution in [0.3, 0.4) is 0 Å². The largest absolute Gasteiger partial charge is 0.473 e. The summed E-state index contributed by atoms with van der Waals surface area (Å²) in [5.41, 5.74) is 6.22. The van der Waals surface area contributed by atoms with Gasteiger partial charge in [-0.25, -0.2) is 19.0 Å². The van der Waals surface area contributed by atoms with Gasteiger partial charge in [0.05, 0.1) is 23.8 Å². The highest BCUT2D eigenvalue weighted by molar-refractivity contribution is 7.98. The zero-order chi connectivity index (χ0) is 30.1. The van der Waals surface area contributed by atoms with Gasteiger partial charge < -0.3 is 20.1 Å². The minimum atomic E-state index is -1.82. The number of rotatable bonds is 8. The predicted molar refractivity (Wildman–Crippen MR) is 157 cm³/mol. The van der Waals surface area contributed by atoms with Crippen molar-refractivity contribution in [3.63, 3.8) is 0 Å². The summed E-state index contributed by atoms with van der Waals surface area (Å²) < 4.78 is 16.3. The highest BCUT2D eigenvalue weighted by Crippen LogP contribution is 2.28. The lowest BCUT2D eigenvalue weighted by molar-refractivity contribution is -0.159. The zero-order valence-corrected chi connectivity index (χ0v) is 23.3. The Morgan fingerprint density at radius 3 is 2.36 bits per heavy atom. The van der Waals surface area contributed by atoms with Crippen LogP contribution in [0.25, 0.3) is 11.0 Å². The first-order valence-electron chi connectivity index (χ1n) is 12.8. The van der Waals surface area contributed by atoms with E-state index in [2.05, 4.69) is 16.4 Å². The molecule has 0 saturated carbocycles. The number of aromatic nitrogens is 3. The Bertz CT molecular complexity index is 1710. The van der Waals surface area contributed by atoms with E-state index in [9.17, 15) is 9.18 Å². The van der Waals surface area contributed by atoms with Crippen LogP contribution in [0.1, 0.15) is 32.6 Å². The number of imidazole rings is 1. The van der Waals surface area contributed by atoms with E-state index in [0.717, 1.165) is 27.3 Å². The van der Waals surface area contributed by atoms with E-state index in [1.54, 1.807) is 36.3 Å². The van der Waals surface area contributed by atoms with Gasteiger partial charge in [0.2, 0.25) is 0 Å². The number of aryl methyl sites for hydroxylation is 1. The fourth-order valence-corrected chi connectivity index (χ4v) is 4.98. The first-order valence-corrected chi connectivity index (χ1v) is 13.7. The first-order chi connectivity index (χ1) is 20.2. The second-order valence-corrected chi connectivity index (χ2v) is 10.1. The van der Waals surface area contributed by atoms with E-state index in [1.807, 2.05) is 66.1 Å². The Balaban J connectivity index is 0.000000612. The van der Waals surface area contributed by atoms with Gasteiger partial charge in [-0.15, -0.1) is 0 Å². The number of fused-ring (bicyclic) bond motifs is 1. The summed E-state index contributed by atoms with van der Waals surface area (Å²) >= 11 is 1.58. The van der Waals surface area contributed by atoms with Crippen molar-refractivity contribution in [1.82, 2.24) is 19.9 Å². The summed E-state index contributed by atoms with van der Waals surface area (Å²) in [6.45, 7) is 2.90. The minimum absolute atomic E-state index is 0.102. The first kappa shape index (κ1) is 29.9. The second-order valence-electron chi connectivity index (χ2n) is 9.20. The Labute approximate surface area is 245 Å². The molecule has 0 spiro atoms. The third kappa shape index (κ3) is 8.01. The van der Waals surface area contributed by atoms with Crippen LogP contribution in [0, 0.1) is 12.7 Å². The fourth-order valence-electron chi connectivity index (χ4n) is 4.01. The number of carbonyl (C=O) groups is 3. The smallest absolute Gasteiger partial charge is 0.414 e. The van der Waals surface area contributed by atoms with Gasteiger partial charge in [-0.2, -0.15) is 0 Å². The molecule has 3 aromatic carbocycles. The number of benzene rings is 3. The molecule has 0 atom stereocenters. The van der Waals surface area contributed by atoms with Crippen LogP contribution in [0.2, 0.25) is 0 Å². The number of hydrogen-bond acceptors (Lipinski definition) is 6. The van der Waals surface area contributed by atoms with Crippen LogP contribution < -0.4 is 5.32 Å². The molecule has 214 valence electrons. The number of halogens is 1. The van der Waals surface area contributed by atoms with Crippen molar-refractivity contribution < 1.29 is 29.0 Å². The highest BCUT2D eigenvalue weighted by atomic mass is 32.2. The molecule has 0 saturated heterocycles. The van der Waals surface area contributed by atoms with Crippen molar-refractivity contribution in [2.24, 2.45) is 0 Å². The van der Waals surface area contributed by atoms with Gasteiger partial charge in [0.25, 0.3) is 5.91 Å². The normalized spacial score (nSPS) is 10.5. The lowest BCUT2D eigenvalue weighted by Crippen LogP contribution is -2.22. The van der Waals surface area contributed by atoms with E-state index in [-0.39, 0.29) is 11.7 Å². The van der Waals surface area contributed by atoms with Gasteiger partial charge in [-0.1, -0.05) is 71.9 Å². The van der Waals surface area contributed by atoms with E-state index < -0.39 is 11.9 Å². The number of nitrogens with zero attached hydrogens (tertiary/aromatic N) is 3. The topological polar surface area (TPSA) is 134 Å². The van der Waals surface area contributed by atoms with Crippen molar-refractivity contribution in [1.29, 1.82) is 0 Å². The van der Waals surface area contributed by atoms with Crippen molar-refractivity contribution in [3.8, 4) is 0 Å². The van der Waals surface area contributed by atoms with Gasteiger partial charge in [0.15, 0.2) is 5.16 Å². The summed E-state index contributed by atoms with van der Waals surface area (Å²) in [4.78, 5) is 39.8. The third-order valence-corrected chi connectivity index (χ3v) is 7.15. The maximum absolute atomic E-state index is 14.3. The fraction of sp³-hybridized carbons (Fsp3) is 0.129. The van der Waals surface area contributed by atoms with Crippen LogP contribution >= 0.6 is 11.8 Å². The highest BCUT2D eigenvalue weighted by Gasteiger charge is 2.14. The summed E-state index contributed by atoms with van der Waals surface area (Å²) in [6.07, 6.45) is 3.47. The average Bonchev–Trinajstić information content (AvgIpc) is 3.33. The number of thioether (sulfide) groups is 1. The van der Waals surface area contributed by atoms with Gasteiger partial charge in [-0.05, 0) is 42.3 Å². The number of pyridine rings is 1. The van der Waals surface area contributed by atoms with Crippen molar-refractivity contribution in [2.75, 3.05) is 0 Å². The molecule has 2 aromatic heterocycles. The Kier molecular flexibility index (Phi) is 10.0. The summed E-state index contributed by atoms with van der Waals surface area (Å²) in [6, 6.07) is 24.3. The summed E-state index contributed by atoms with van der Waals surface area (Å²) in [7, 11) is 0. The zero-order valence-electron chi connectivity index (χ0n) is 22.5. The van der Waals surface area contributed by atoms with Crippen molar-refractivity contribution >= 4 is 40.6 Å². The number of carboxylic acids is 2. The summed E-state index contributed by atoms with van der Waals surface area (Å²) in [5.74, 6) is -3.32. The molecular weight excluding hydrogens is 559 g/mol. The molecule has 0 aliphatic rings. The molecule has 5 rings (SSSR count).